The summed E-state index contributed by atoms with van der Waals surface area (Å²) in [7, 11) is 6.27. The van der Waals surface area contributed by atoms with Crippen LogP contribution in [0.15, 0.2) is 12.3 Å². The van der Waals surface area contributed by atoms with Crippen LogP contribution in [0.5, 0.6) is 0 Å². The normalized spacial score (nSPS) is 29.8. The molecule has 0 aromatic carbocycles. The lowest BCUT2D eigenvalue weighted by Crippen LogP contribution is -2.55. The summed E-state index contributed by atoms with van der Waals surface area (Å²) < 4.78 is 5.50. The molecular formula is C18H33B3N4O2. The molecule has 2 saturated heterocycles. The van der Waals surface area contributed by atoms with Gasteiger partial charge in [-0.2, -0.15) is 0 Å². The van der Waals surface area contributed by atoms with Crippen LogP contribution in [0.2, 0.25) is 5.11 Å². The zero-order valence-electron chi connectivity index (χ0n) is 17.2. The Morgan fingerprint density at radius 3 is 2.59 bits per heavy atom. The van der Waals surface area contributed by atoms with Gasteiger partial charge in [0.1, 0.15) is 0 Å². The molecule has 3 aliphatic rings. The largest absolute Gasteiger partial charge is 0.451 e. The third-order valence-corrected chi connectivity index (χ3v) is 6.23. The van der Waals surface area contributed by atoms with Crippen molar-refractivity contribution in [3.63, 3.8) is 0 Å². The predicted octanol–water partition coefficient (Wildman–Crippen LogP) is -0.832. The number of ether oxygens (including phenoxy) is 1. The molecule has 1 amide bonds. The first-order valence-corrected chi connectivity index (χ1v) is 10.4. The highest BCUT2D eigenvalue weighted by Crippen LogP contribution is 2.50. The van der Waals surface area contributed by atoms with Gasteiger partial charge in [-0.3, -0.25) is 0 Å². The van der Waals surface area contributed by atoms with Gasteiger partial charge < -0.3 is 25.3 Å². The molecule has 27 heavy (non-hydrogen) atoms. The van der Waals surface area contributed by atoms with Gasteiger partial charge in [-0.25, -0.2) is 4.79 Å². The molecule has 2 aliphatic heterocycles. The number of likely N-dealkylation sites (tertiary alicyclic amines) is 2. The summed E-state index contributed by atoms with van der Waals surface area (Å²) in [5.74, 6) is 0. The summed E-state index contributed by atoms with van der Waals surface area (Å²) in [6.45, 7) is 4.50. The number of hydrogen-bond acceptors (Lipinski definition) is 5. The maximum atomic E-state index is 12.3. The van der Waals surface area contributed by atoms with Gasteiger partial charge in [-0.15, -0.1) is 0 Å². The molecule has 9 heteroatoms. The molecule has 1 aliphatic carbocycles. The minimum atomic E-state index is -0.130. The van der Waals surface area contributed by atoms with Crippen LogP contribution in [0.1, 0.15) is 32.1 Å². The van der Waals surface area contributed by atoms with Gasteiger partial charge >= 0.3 is 6.09 Å². The summed E-state index contributed by atoms with van der Waals surface area (Å²) >= 11 is 0. The molecule has 0 atom stereocenters. The summed E-state index contributed by atoms with van der Waals surface area (Å²) in [5.41, 5.74) is 0.340. The summed E-state index contributed by atoms with van der Waals surface area (Å²) in [6, 6.07) is 1.22. The molecule has 2 heterocycles. The number of hydrogen-bond donors (Lipinski definition) is 2. The van der Waals surface area contributed by atoms with Gasteiger partial charge in [0.25, 0.3) is 0 Å². The molecule has 3 fully saturated rings. The summed E-state index contributed by atoms with van der Waals surface area (Å²) in [6.07, 6.45) is 10.7. The first-order chi connectivity index (χ1) is 12.8. The van der Waals surface area contributed by atoms with Gasteiger partial charge in [0.15, 0.2) is 0 Å². The zero-order valence-corrected chi connectivity index (χ0v) is 17.2. The second kappa shape index (κ2) is 8.33. The second-order valence-corrected chi connectivity index (χ2v) is 9.85. The van der Waals surface area contributed by atoms with Crippen LogP contribution in [0.3, 0.4) is 0 Å². The highest BCUT2D eigenvalue weighted by molar-refractivity contribution is 6.59. The number of nitrogens with zero attached hydrogens (tertiary/aromatic N) is 2. The van der Waals surface area contributed by atoms with Crippen LogP contribution in [-0.2, 0) is 4.74 Å². The van der Waals surface area contributed by atoms with E-state index in [4.69, 9.17) is 10.1 Å². The molecule has 0 bridgehead atoms. The first-order valence-electron chi connectivity index (χ1n) is 10.4. The van der Waals surface area contributed by atoms with E-state index in [0.29, 0.717) is 24.1 Å². The van der Waals surface area contributed by atoms with E-state index in [-0.39, 0.29) is 11.2 Å². The van der Waals surface area contributed by atoms with E-state index in [0.717, 1.165) is 45.4 Å². The number of amides is 1. The lowest BCUT2D eigenvalue weighted by atomic mass is 9.43. The average Bonchev–Trinajstić information content (AvgIpc) is 3.04. The van der Waals surface area contributed by atoms with Crippen LogP contribution in [-0.4, -0.2) is 90.5 Å². The fourth-order valence-electron chi connectivity index (χ4n) is 4.66. The van der Waals surface area contributed by atoms with Crippen molar-refractivity contribution >= 4 is 35.8 Å². The standard InChI is InChI=1S/C18H33B3N4O2/c19-18(20,21)13-27-16(26)25-9-4-17(12-25)10-15(11-17)24-7-2-14(3-8-24)23-6-1-5-22/h1,5-6,14-15,22-23H,2-4,7-13,19-21H2/b6-1-,22-5?. The van der Waals surface area contributed by atoms with Crippen LogP contribution >= 0.6 is 0 Å². The van der Waals surface area contributed by atoms with Crippen molar-refractivity contribution in [2.45, 2.75) is 49.3 Å². The summed E-state index contributed by atoms with van der Waals surface area (Å²) in [5, 5.41) is 10.4. The molecule has 1 spiro atoms. The molecule has 0 aromatic heterocycles. The van der Waals surface area contributed by atoms with Gasteiger partial charge in [-0.05, 0) is 49.8 Å². The molecule has 3 rings (SSSR count). The van der Waals surface area contributed by atoms with Gasteiger partial charge in [0.05, 0.1) is 30.1 Å². The van der Waals surface area contributed by atoms with Crippen molar-refractivity contribution in [3.8, 4) is 0 Å². The Balaban J connectivity index is 1.38. The lowest BCUT2D eigenvalue weighted by Gasteiger charge is -2.51. The molecule has 0 aromatic rings. The quantitative estimate of drug-likeness (QED) is 0.473. The maximum Gasteiger partial charge on any atom is 0.409 e. The minimum Gasteiger partial charge on any atom is -0.451 e. The molecular weight excluding hydrogens is 337 g/mol. The van der Waals surface area contributed by atoms with Crippen LogP contribution in [0.4, 0.5) is 4.79 Å². The van der Waals surface area contributed by atoms with Gasteiger partial charge in [0, 0.05) is 44.5 Å². The number of allylic oxidation sites excluding steroid dienone is 1. The van der Waals surface area contributed by atoms with Gasteiger partial charge in [0.2, 0.25) is 0 Å². The molecule has 146 valence electrons. The number of piperidine rings is 1. The van der Waals surface area contributed by atoms with Gasteiger partial charge in [-0.1, -0.05) is 5.11 Å². The average molecular weight is 370 g/mol. The third-order valence-electron chi connectivity index (χ3n) is 6.23. The SMILES string of the molecule is BC(B)(B)COC(=O)N1CCC2(CC(N3CCC(N/C=C\C=N)CC3)C2)C1. The summed E-state index contributed by atoms with van der Waals surface area (Å²) in [4.78, 5) is 16.9. The van der Waals surface area contributed by atoms with Crippen LogP contribution in [0, 0.1) is 10.8 Å². The van der Waals surface area contributed by atoms with E-state index in [1.54, 1.807) is 6.08 Å². The highest BCUT2D eigenvalue weighted by atomic mass is 16.6. The van der Waals surface area contributed by atoms with E-state index < -0.39 is 0 Å². The van der Waals surface area contributed by atoms with Crippen LogP contribution in [0.25, 0.3) is 0 Å². The van der Waals surface area contributed by atoms with Crippen LogP contribution < -0.4 is 5.32 Å². The van der Waals surface area contributed by atoms with Crippen molar-refractivity contribution in [3.05, 3.63) is 12.3 Å². The number of carbonyl (C=O) groups excluding carboxylic acids is 1. The number of nitrogens with one attached hydrogen (secondary N) is 2. The number of carbonyl (C=O) groups is 1. The Kier molecular flexibility index (Phi) is 6.29. The first kappa shape index (κ1) is 20.4. The Bertz CT molecular complexity index is 567. The second-order valence-electron chi connectivity index (χ2n) is 9.85. The van der Waals surface area contributed by atoms with Crippen molar-refractivity contribution in [1.82, 2.24) is 15.1 Å². The third kappa shape index (κ3) is 5.34. The van der Waals surface area contributed by atoms with Crippen molar-refractivity contribution in [2.75, 3.05) is 32.8 Å². The Hall–Kier alpha value is -1.37. The van der Waals surface area contributed by atoms with E-state index in [9.17, 15) is 4.79 Å². The van der Waals surface area contributed by atoms with Crippen molar-refractivity contribution in [1.29, 1.82) is 5.41 Å². The van der Waals surface area contributed by atoms with E-state index in [2.05, 4.69) is 33.8 Å². The molecule has 0 radical (unpaired) electrons. The fourth-order valence-corrected chi connectivity index (χ4v) is 4.66. The highest BCUT2D eigenvalue weighted by Gasteiger charge is 2.51. The zero-order chi connectivity index (χ0) is 19.5. The molecule has 2 N–H and O–H groups in total. The smallest absolute Gasteiger partial charge is 0.409 e. The minimum absolute atomic E-state index is 0.0187. The van der Waals surface area contributed by atoms with E-state index in [1.165, 1.54) is 19.1 Å². The lowest BCUT2D eigenvalue weighted by molar-refractivity contribution is -0.00556. The monoisotopic (exact) mass is 370 g/mol. The fraction of sp³-hybridized carbons (Fsp3) is 0.778. The maximum absolute atomic E-state index is 12.3. The van der Waals surface area contributed by atoms with E-state index in [1.807, 2.05) is 11.1 Å². The Morgan fingerprint density at radius 1 is 1.26 bits per heavy atom. The van der Waals surface area contributed by atoms with Crippen molar-refractivity contribution in [2.24, 2.45) is 5.41 Å². The molecule has 0 unspecified atom stereocenters. The topological polar surface area (TPSA) is 68.7 Å². The molecule has 1 saturated carbocycles. The number of rotatable bonds is 6. The Labute approximate surface area is 166 Å². The molecule has 6 nitrogen and oxygen atoms in total. The Morgan fingerprint density at radius 2 is 1.96 bits per heavy atom. The van der Waals surface area contributed by atoms with E-state index >= 15 is 0 Å². The van der Waals surface area contributed by atoms with Crippen molar-refractivity contribution < 1.29 is 9.53 Å². The predicted molar refractivity (Wildman–Crippen MR) is 117 cm³/mol.